The van der Waals surface area contributed by atoms with Gasteiger partial charge in [0.2, 0.25) is 0 Å². The fourth-order valence-electron chi connectivity index (χ4n) is 5.25. The summed E-state index contributed by atoms with van der Waals surface area (Å²) in [6.07, 6.45) is 8.20. The molecule has 0 unspecified atom stereocenters. The van der Waals surface area contributed by atoms with Gasteiger partial charge in [0.1, 0.15) is 0 Å². The molecule has 3 aliphatic rings. The fraction of sp³-hybridized carbons (Fsp3) is 0.727. The zero-order valence-electron chi connectivity index (χ0n) is 16.4. The summed E-state index contributed by atoms with van der Waals surface area (Å²) in [5.74, 6) is -1.67. The van der Waals surface area contributed by atoms with Crippen LogP contribution in [0.3, 0.4) is 0 Å². The molecule has 29 heavy (non-hydrogen) atoms. The maximum atomic E-state index is 14.0. The molecule has 162 valence electrons. The van der Waals surface area contributed by atoms with Crippen LogP contribution < -0.4 is 4.74 Å². The highest BCUT2D eigenvalue weighted by molar-refractivity contribution is 5.33. The summed E-state index contributed by atoms with van der Waals surface area (Å²) in [5.41, 5.74) is 0.492. The van der Waals surface area contributed by atoms with Gasteiger partial charge in [0, 0.05) is 11.8 Å². The van der Waals surface area contributed by atoms with Crippen molar-refractivity contribution < 1.29 is 31.8 Å². The van der Waals surface area contributed by atoms with Gasteiger partial charge >= 0.3 is 6.61 Å². The summed E-state index contributed by atoms with van der Waals surface area (Å²) >= 11 is 0. The number of alkyl halides is 2. The van der Waals surface area contributed by atoms with Gasteiger partial charge in [0.05, 0.1) is 13.2 Å². The van der Waals surface area contributed by atoms with Crippen molar-refractivity contribution in [2.75, 3.05) is 13.2 Å². The van der Waals surface area contributed by atoms with Crippen molar-refractivity contribution >= 4 is 0 Å². The van der Waals surface area contributed by atoms with Gasteiger partial charge in [-0.1, -0.05) is 25.7 Å². The van der Waals surface area contributed by atoms with Crippen LogP contribution in [0.2, 0.25) is 0 Å². The Labute approximate surface area is 168 Å². The van der Waals surface area contributed by atoms with Crippen LogP contribution >= 0.6 is 0 Å². The first-order valence-corrected chi connectivity index (χ1v) is 10.7. The van der Waals surface area contributed by atoms with Gasteiger partial charge < -0.3 is 14.2 Å². The molecule has 4 rings (SSSR count). The molecule has 1 aromatic carbocycles. The van der Waals surface area contributed by atoms with E-state index in [1.54, 1.807) is 0 Å². The van der Waals surface area contributed by atoms with Gasteiger partial charge in [0.15, 0.2) is 23.7 Å². The molecule has 0 bridgehead atoms. The molecular weight excluding hydrogens is 388 g/mol. The quantitative estimate of drug-likeness (QED) is 0.550. The second-order valence-electron chi connectivity index (χ2n) is 8.64. The van der Waals surface area contributed by atoms with E-state index >= 15 is 0 Å². The first-order chi connectivity index (χ1) is 14.0. The monoisotopic (exact) mass is 416 g/mol. The number of benzene rings is 1. The number of rotatable bonds is 5. The first kappa shape index (κ1) is 20.9. The minimum absolute atomic E-state index is 0.00863. The van der Waals surface area contributed by atoms with Gasteiger partial charge in [-0.05, 0) is 55.2 Å². The summed E-state index contributed by atoms with van der Waals surface area (Å²) < 4.78 is 68.6. The molecule has 1 saturated heterocycles. The van der Waals surface area contributed by atoms with Crippen LogP contribution in [-0.4, -0.2) is 26.1 Å². The van der Waals surface area contributed by atoms with Crippen LogP contribution in [-0.2, 0) is 9.47 Å². The first-order valence-electron chi connectivity index (χ1n) is 10.7. The average molecular weight is 416 g/mol. The summed E-state index contributed by atoms with van der Waals surface area (Å²) in [6, 6.07) is 2.23. The highest BCUT2D eigenvalue weighted by atomic mass is 19.3. The Kier molecular flexibility index (Phi) is 6.64. The van der Waals surface area contributed by atoms with E-state index in [0.29, 0.717) is 11.5 Å². The number of halogens is 4. The lowest BCUT2D eigenvalue weighted by molar-refractivity contribution is -0.234. The second-order valence-corrected chi connectivity index (χ2v) is 8.64. The van der Waals surface area contributed by atoms with E-state index in [2.05, 4.69) is 4.74 Å². The molecule has 0 radical (unpaired) electrons. The van der Waals surface area contributed by atoms with Crippen molar-refractivity contribution in [2.24, 2.45) is 17.8 Å². The van der Waals surface area contributed by atoms with Gasteiger partial charge in [-0.15, -0.1) is 0 Å². The van der Waals surface area contributed by atoms with Crippen molar-refractivity contribution in [1.29, 1.82) is 0 Å². The minimum Gasteiger partial charge on any atom is -0.429 e. The number of ether oxygens (including phenoxy) is 3. The Balaban J connectivity index is 1.29. The zero-order valence-corrected chi connectivity index (χ0v) is 16.4. The molecule has 2 saturated carbocycles. The maximum absolute atomic E-state index is 14.0. The third kappa shape index (κ3) is 4.88. The molecule has 0 spiro atoms. The van der Waals surface area contributed by atoms with Crippen LogP contribution in [0.5, 0.6) is 5.75 Å². The van der Waals surface area contributed by atoms with E-state index in [4.69, 9.17) is 9.47 Å². The van der Waals surface area contributed by atoms with Gasteiger partial charge in [0.25, 0.3) is 0 Å². The normalized spacial score (nSPS) is 31.3. The Morgan fingerprint density at radius 3 is 1.93 bits per heavy atom. The van der Waals surface area contributed by atoms with Crippen molar-refractivity contribution in [3.63, 3.8) is 0 Å². The molecule has 3 nitrogen and oxygen atoms in total. The molecule has 0 N–H and O–H groups in total. The van der Waals surface area contributed by atoms with Crippen molar-refractivity contribution in [1.82, 2.24) is 0 Å². The Morgan fingerprint density at radius 1 is 0.793 bits per heavy atom. The second kappa shape index (κ2) is 9.21. The van der Waals surface area contributed by atoms with Crippen molar-refractivity contribution in [3.8, 4) is 5.75 Å². The molecule has 0 amide bonds. The van der Waals surface area contributed by atoms with E-state index in [-0.39, 0.29) is 18.1 Å². The lowest BCUT2D eigenvalue weighted by Crippen LogP contribution is -2.40. The largest absolute Gasteiger partial charge is 0.429 e. The fourth-order valence-corrected chi connectivity index (χ4v) is 5.25. The van der Waals surface area contributed by atoms with Crippen LogP contribution in [0.4, 0.5) is 17.6 Å². The van der Waals surface area contributed by atoms with Gasteiger partial charge in [-0.3, -0.25) is 0 Å². The van der Waals surface area contributed by atoms with E-state index < -0.39 is 24.0 Å². The minimum atomic E-state index is -3.26. The standard InChI is InChI=1S/C22H28F4O3/c23-18-9-16(10-19(24)20(18)29-22(25)26)14-5-7-15(8-6-14)21-27-11-17(12-28-21)13-3-1-2-4-13/h9-10,13-15,17,21-22H,1-8,11-12H2. The number of hydrogen-bond acceptors (Lipinski definition) is 3. The van der Waals surface area contributed by atoms with Crippen molar-refractivity contribution in [2.45, 2.75) is 70.2 Å². The maximum Gasteiger partial charge on any atom is 0.387 e. The van der Waals surface area contributed by atoms with Crippen LogP contribution in [0.25, 0.3) is 0 Å². The highest BCUT2D eigenvalue weighted by Crippen LogP contribution is 2.41. The average Bonchev–Trinajstić information content (AvgIpc) is 3.26. The van der Waals surface area contributed by atoms with E-state index in [0.717, 1.165) is 56.9 Å². The van der Waals surface area contributed by atoms with E-state index in [1.165, 1.54) is 25.7 Å². The van der Waals surface area contributed by atoms with E-state index in [9.17, 15) is 17.6 Å². The molecule has 2 aliphatic carbocycles. The molecule has 1 heterocycles. The summed E-state index contributed by atoms with van der Waals surface area (Å²) in [5, 5.41) is 0. The van der Waals surface area contributed by atoms with Gasteiger partial charge in [-0.25, -0.2) is 8.78 Å². The molecule has 3 fully saturated rings. The van der Waals surface area contributed by atoms with Crippen LogP contribution in [0.15, 0.2) is 12.1 Å². The zero-order chi connectivity index (χ0) is 20.4. The van der Waals surface area contributed by atoms with Crippen LogP contribution in [0, 0.1) is 29.4 Å². The molecule has 7 heteroatoms. The number of hydrogen-bond donors (Lipinski definition) is 0. The Bertz CT molecular complexity index is 654. The molecular formula is C22H28F4O3. The third-order valence-electron chi connectivity index (χ3n) is 6.87. The van der Waals surface area contributed by atoms with E-state index in [1.807, 2.05) is 0 Å². The molecule has 0 aromatic heterocycles. The SMILES string of the molecule is Fc1cc(C2CCC(C3OCC(C4CCCC4)CO3)CC2)cc(F)c1OC(F)F. The van der Waals surface area contributed by atoms with Crippen molar-refractivity contribution in [3.05, 3.63) is 29.3 Å². The van der Waals surface area contributed by atoms with Gasteiger partial charge in [-0.2, -0.15) is 8.78 Å². The summed E-state index contributed by atoms with van der Waals surface area (Å²) in [7, 11) is 0. The molecule has 1 aromatic rings. The molecule has 0 atom stereocenters. The Hall–Kier alpha value is -1.34. The highest BCUT2D eigenvalue weighted by Gasteiger charge is 2.36. The predicted octanol–water partition coefficient (Wildman–Crippen LogP) is 6.02. The van der Waals surface area contributed by atoms with Crippen LogP contribution in [0.1, 0.15) is 62.8 Å². The molecule has 1 aliphatic heterocycles. The predicted molar refractivity (Wildman–Crippen MR) is 98.8 cm³/mol. The lowest BCUT2D eigenvalue weighted by atomic mass is 9.78. The smallest absolute Gasteiger partial charge is 0.387 e. The summed E-state index contributed by atoms with van der Waals surface area (Å²) in [4.78, 5) is 0. The Morgan fingerprint density at radius 2 is 1.38 bits per heavy atom. The summed E-state index contributed by atoms with van der Waals surface area (Å²) in [6.45, 7) is -1.74. The third-order valence-corrected chi connectivity index (χ3v) is 6.87. The topological polar surface area (TPSA) is 27.7 Å². The lowest BCUT2D eigenvalue weighted by Gasteiger charge is -2.39.